The Morgan fingerprint density at radius 1 is 1.44 bits per heavy atom. The molecule has 0 atom stereocenters. The van der Waals surface area contributed by atoms with Crippen molar-refractivity contribution in [3.63, 3.8) is 0 Å². The van der Waals surface area contributed by atoms with E-state index in [1.54, 1.807) is 20.8 Å². The molecule has 0 aromatic carbocycles. The lowest BCUT2D eigenvalue weighted by atomic mass is 10.2. The monoisotopic (exact) mass is 254 g/mol. The van der Waals surface area contributed by atoms with Crippen LogP contribution in [0, 0.1) is 0 Å². The van der Waals surface area contributed by atoms with Gasteiger partial charge in [0.1, 0.15) is 5.60 Å². The molecule has 0 saturated heterocycles. The highest BCUT2D eigenvalue weighted by Crippen LogP contribution is 2.07. The number of ether oxygens (including phenoxy) is 1. The van der Waals surface area contributed by atoms with Crippen LogP contribution in [-0.4, -0.2) is 29.0 Å². The second-order valence-corrected chi connectivity index (χ2v) is 4.85. The zero-order valence-corrected chi connectivity index (χ0v) is 11.1. The molecule has 1 N–H and O–H groups in total. The van der Waals surface area contributed by atoms with Gasteiger partial charge in [-0.15, -0.1) is 0 Å². The van der Waals surface area contributed by atoms with Gasteiger partial charge < -0.3 is 14.5 Å². The number of oxazole rings is 1. The quantitative estimate of drug-likeness (QED) is 0.830. The molecule has 1 amide bonds. The molecule has 6 heteroatoms. The van der Waals surface area contributed by atoms with Crippen molar-refractivity contribution in [2.24, 2.45) is 0 Å². The van der Waals surface area contributed by atoms with Crippen LogP contribution in [0.4, 0.5) is 4.79 Å². The predicted molar refractivity (Wildman–Crippen MR) is 64.4 cm³/mol. The number of hydrogen-bond donors (Lipinski definition) is 1. The maximum Gasteiger partial charge on any atom is 0.407 e. The van der Waals surface area contributed by atoms with Gasteiger partial charge in [-0.25, -0.2) is 9.78 Å². The summed E-state index contributed by atoms with van der Waals surface area (Å²) in [6.45, 7) is 7.12. The minimum Gasteiger partial charge on any atom is -0.444 e. The molecular weight excluding hydrogens is 236 g/mol. The summed E-state index contributed by atoms with van der Waals surface area (Å²) in [5.74, 6) is 0.465. The van der Waals surface area contributed by atoms with E-state index in [1.165, 1.54) is 13.1 Å². The molecule has 0 unspecified atom stereocenters. The van der Waals surface area contributed by atoms with Crippen molar-refractivity contribution < 1.29 is 18.7 Å². The highest BCUT2D eigenvalue weighted by Gasteiger charge is 2.15. The van der Waals surface area contributed by atoms with Crippen LogP contribution in [0.3, 0.4) is 0 Å². The number of alkyl carbamates (subject to hydrolysis) is 1. The van der Waals surface area contributed by atoms with E-state index in [2.05, 4.69) is 10.3 Å². The number of hydrogen-bond acceptors (Lipinski definition) is 5. The standard InChI is InChI=1S/C12H18N2O4/c1-8(15)9-7-14-10(17-9)5-6-13-11(16)18-12(2,3)4/h7H,5-6H2,1-4H3,(H,13,16). The van der Waals surface area contributed by atoms with Gasteiger partial charge in [0.15, 0.2) is 17.4 Å². The third-order valence-electron chi connectivity index (χ3n) is 1.91. The Balaban J connectivity index is 2.33. The molecule has 0 radical (unpaired) electrons. The normalized spacial score (nSPS) is 11.1. The summed E-state index contributed by atoms with van der Waals surface area (Å²) in [6, 6.07) is 0. The van der Waals surface area contributed by atoms with Gasteiger partial charge >= 0.3 is 6.09 Å². The van der Waals surface area contributed by atoms with Crippen LogP contribution in [0.15, 0.2) is 10.6 Å². The van der Waals surface area contributed by atoms with Gasteiger partial charge in [-0.3, -0.25) is 4.79 Å². The van der Waals surface area contributed by atoms with E-state index in [4.69, 9.17) is 9.15 Å². The molecule has 0 fully saturated rings. The minimum absolute atomic E-state index is 0.172. The number of carbonyl (C=O) groups excluding carboxylic acids is 2. The highest BCUT2D eigenvalue weighted by molar-refractivity contribution is 5.90. The Hall–Kier alpha value is -1.85. The van der Waals surface area contributed by atoms with Crippen molar-refractivity contribution in [1.82, 2.24) is 10.3 Å². The van der Waals surface area contributed by atoms with Crippen LogP contribution >= 0.6 is 0 Å². The zero-order valence-electron chi connectivity index (χ0n) is 11.1. The van der Waals surface area contributed by atoms with Crippen molar-refractivity contribution in [2.45, 2.75) is 39.7 Å². The number of amides is 1. The smallest absolute Gasteiger partial charge is 0.407 e. The molecule has 0 aliphatic rings. The summed E-state index contributed by atoms with van der Waals surface area (Å²) >= 11 is 0. The van der Waals surface area contributed by atoms with Gasteiger partial charge in [0.2, 0.25) is 0 Å². The molecule has 0 aliphatic carbocycles. The Labute approximate surface area is 106 Å². The van der Waals surface area contributed by atoms with Crippen LogP contribution in [0.2, 0.25) is 0 Å². The first kappa shape index (κ1) is 14.2. The van der Waals surface area contributed by atoms with Gasteiger partial charge in [0.25, 0.3) is 0 Å². The van der Waals surface area contributed by atoms with Crippen molar-refractivity contribution in [1.29, 1.82) is 0 Å². The van der Waals surface area contributed by atoms with Crippen LogP contribution in [0.5, 0.6) is 0 Å². The van der Waals surface area contributed by atoms with Crippen LogP contribution in [0.1, 0.15) is 44.1 Å². The summed E-state index contributed by atoms with van der Waals surface area (Å²) in [4.78, 5) is 26.2. The summed E-state index contributed by atoms with van der Waals surface area (Å²) in [5, 5.41) is 2.58. The van der Waals surface area contributed by atoms with E-state index in [-0.39, 0.29) is 11.5 Å². The topological polar surface area (TPSA) is 81.4 Å². The van der Waals surface area contributed by atoms with E-state index >= 15 is 0 Å². The molecule has 18 heavy (non-hydrogen) atoms. The van der Waals surface area contributed by atoms with Gasteiger partial charge in [0, 0.05) is 19.9 Å². The zero-order chi connectivity index (χ0) is 13.8. The number of nitrogens with zero attached hydrogens (tertiary/aromatic N) is 1. The summed E-state index contributed by atoms with van der Waals surface area (Å²) in [6.07, 6.45) is 1.30. The number of nitrogens with one attached hydrogen (secondary N) is 1. The molecule has 100 valence electrons. The summed E-state index contributed by atoms with van der Waals surface area (Å²) in [7, 11) is 0. The fourth-order valence-electron chi connectivity index (χ4n) is 1.17. The van der Waals surface area contributed by atoms with Crippen LogP contribution in [-0.2, 0) is 11.2 Å². The van der Waals surface area contributed by atoms with E-state index < -0.39 is 11.7 Å². The molecule has 6 nitrogen and oxygen atoms in total. The number of carbonyl (C=O) groups is 2. The summed E-state index contributed by atoms with van der Waals surface area (Å²) < 4.78 is 10.2. The average Bonchev–Trinajstić information content (AvgIpc) is 2.63. The Bertz CT molecular complexity index is 432. The Kier molecular flexibility index (Phi) is 4.47. The number of ketones is 1. The van der Waals surface area contributed by atoms with E-state index in [0.29, 0.717) is 18.9 Å². The molecule has 1 aromatic rings. The van der Waals surface area contributed by atoms with Gasteiger partial charge in [-0.05, 0) is 20.8 Å². The number of aromatic nitrogens is 1. The van der Waals surface area contributed by atoms with Crippen LogP contribution in [0.25, 0.3) is 0 Å². The first-order valence-electron chi connectivity index (χ1n) is 5.70. The van der Waals surface area contributed by atoms with Gasteiger partial charge in [0.05, 0.1) is 6.20 Å². The SMILES string of the molecule is CC(=O)c1cnc(CCNC(=O)OC(C)(C)C)o1. The second-order valence-electron chi connectivity index (χ2n) is 4.85. The van der Waals surface area contributed by atoms with Crippen LogP contribution < -0.4 is 5.32 Å². The fourth-order valence-corrected chi connectivity index (χ4v) is 1.17. The minimum atomic E-state index is -0.519. The van der Waals surface area contributed by atoms with E-state index in [9.17, 15) is 9.59 Å². The molecule has 0 bridgehead atoms. The lowest BCUT2D eigenvalue weighted by Gasteiger charge is -2.19. The average molecular weight is 254 g/mol. The summed E-state index contributed by atoms with van der Waals surface area (Å²) in [5.41, 5.74) is -0.519. The fraction of sp³-hybridized carbons (Fsp3) is 0.583. The molecule has 0 spiro atoms. The van der Waals surface area contributed by atoms with Gasteiger partial charge in [-0.1, -0.05) is 0 Å². The molecule has 0 saturated carbocycles. The lowest BCUT2D eigenvalue weighted by molar-refractivity contribution is 0.0527. The third kappa shape index (κ3) is 4.99. The van der Waals surface area contributed by atoms with Crippen molar-refractivity contribution >= 4 is 11.9 Å². The third-order valence-corrected chi connectivity index (χ3v) is 1.91. The van der Waals surface area contributed by atoms with E-state index in [0.717, 1.165) is 0 Å². The van der Waals surface area contributed by atoms with E-state index in [1.807, 2.05) is 0 Å². The highest BCUT2D eigenvalue weighted by atomic mass is 16.6. The maximum atomic E-state index is 11.3. The van der Waals surface area contributed by atoms with Gasteiger partial charge in [-0.2, -0.15) is 0 Å². The van der Waals surface area contributed by atoms with Crippen molar-refractivity contribution in [3.05, 3.63) is 17.8 Å². The number of Topliss-reactive ketones (excluding diaryl/α,β-unsaturated/α-hetero) is 1. The molecule has 1 rings (SSSR count). The molecule has 0 aliphatic heterocycles. The number of rotatable bonds is 4. The first-order chi connectivity index (χ1) is 8.28. The largest absolute Gasteiger partial charge is 0.444 e. The Morgan fingerprint density at radius 2 is 2.11 bits per heavy atom. The van der Waals surface area contributed by atoms with Crippen molar-refractivity contribution in [2.75, 3.05) is 6.54 Å². The second kappa shape index (κ2) is 5.66. The molecule has 1 aromatic heterocycles. The molecular formula is C12H18N2O4. The Morgan fingerprint density at radius 3 is 2.61 bits per heavy atom. The lowest BCUT2D eigenvalue weighted by Crippen LogP contribution is -2.33. The molecule has 1 heterocycles. The van der Waals surface area contributed by atoms with Crippen molar-refractivity contribution in [3.8, 4) is 0 Å². The predicted octanol–water partition coefficient (Wildman–Crippen LogP) is 1.94. The first-order valence-corrected chi connectivity index (χ1v) is 5.70. The maximum absolute atomic E-state index is 11.3.